The van der Waals surface area contributed by atoms with Gasteiger partial charge in [-0.25, -0.2) is 9.67 Å². The Kier molecular flexibility index (Phi) is 7.38. The minimum Gasteiger partial charge on any atom is -0.466 e. The lowest BCUT2D eigenvalue weighted by atomic mass is 9.93. The van der Waals surface area contributed by atoms with Crippen LogP contribution < -0.4 is 5.32 Å². The average Bonchev–Trinajstić information content (AvgIpc) is 3.51. The van der Waals surface area contributed by atoms with Gasteiger partial charge in [-0.2, -0.15) is 10.1 Å². The Labute approximate surface area is 215 Å². The zero-order chi connectivity index (χ0) is 25.9. The first-order chi connectivity index (χ1) is 17.9. The molecule has 3 aromatic heterocycles. The number of nitrogens with one attached hydrogen (secondary N) is 1. The highest BCUT2D eigenvalue weighted by molar-refractivity contribution is 5.96. The van der Waals surface area contributed by atoms with Gasteiger partial charge >= 0.3 is 5.97 Å². The van der Waals surface area contributed by atoms with E-state index >= 15 is 0 Å². The van der Waals surface area contributed by atoms with Crippen molar-refractivity contribution in [2.75, 3.05) is 25.0 Å². The third-order valence-corrected chi connectivity index (χ3v) is 7.18. The first kappa shape index (κ1) is 25.2. The van der Waals surface area contributed by atoms with E-state index < -0.39 is 0 Å². The molecule has 0 aliphatic carbocycles. The third-order valence-electron chi connectivity index (χ3n) is 7.18. The monoisotopic (exact) mass is 509 g/mol. The number of aryl methyl sites for hydroxylation is 1. The number of pyridine rings is 1. The van der Waals surface area contributed by atoms with Crippen LogP contribution in [0.25, 0.3) is 22.5 Å². The molecule has 2 saturated heterocycles. The van der Waals surface area contributed by atoms with E-state index in [1.165, 1.54) is 0 Å². The molecule has 5 heterocycles. The van der Waals surface area contributed by atoms with E-state index in [1.807, 2.05) is 16.5 Å². The summed E-state index contributed by atoms with van der Waals surface area (Å²) >= 11 is 0. The quantitative estimate of drug-likeness (QED) is 0.454. The van der Waals surface area contributed by atoms with Crippen molar-refractivity contribution in [2.24, 2.45) is 11.8 Å². The largest absolute Gasteiger partial charge is 0.466 e. The second-order valence-corrected chi connectivity index (χ2v) is 10.4. The van der Waals surface area contributed by atoms with Gasteiger partial charge in [0.25, 0.3) is 5.89 Å². The molecule has 1 amide bonds. The molecule has 11 nitrogen and oxygen atoms in total. The second kappa shape index (κ2) is 10.9. The van der Waals surface area contributed by atoms with Crippen molar-refractivity contribution in [2.45, 2.75) is 71.9 Å². The van der Waals surface area contributed by atoms with Crippen LogP contribution in [0.3, 0.4) is 0 Å². The van der Waals surface area contributed by atoms with E-state index in [1.54, 1.807) is 12.4 Å². The smallest absolute Gasteiger partial charge is 0.307 e. The fourth-order valence-electron chi connectivity index (χ4n) is 5.15. The van der Waals surface area contributed by atoms with E-state index in [-0.39, 0.29) is 17.9 Å². The summed E-state index contributed by atoms with van der Waals surface area (Å²) in [5.74, 6) is 1.85. The molecule has 1 unspecified atom stereocenters. The van der Waals surface area contributed by atoms with Crippen LogP contribution in [0.15, 0.2) is 16.9 Å². The van der Waals surface area contributed by atoms with Gasteiger partial charge in [-0.15, -0.1) is 0 Å². The Balaban J connectivity index is 1.33. The zero-order valence-electron chi connectivity index (χ0n) is 21.8. The summed E-state index contributed by atoms with van der Waals surface area (Å²) in [5.41, 5.74) is 2.23. The van der Waals surface area contributed by atoms with Gasteiger partial charge in [0.05, 0.1) is 35.9 Å². The number of fused-ring (bicyclic) bond motifs is 1. The summed E-state index contributed by atoms with van der Waals surface area (Å²) in [6, 6.07) is -0.0680. The number of hydrogen-bond acceptors (Lipinski definition) is 9. The zero-order valence-corrected chi connectivity index (χ0v) is 21.8. The molecule has 1 atom stereocenters. The number of rotatable bonds is 8. The molecule has 0 spiro atoms. The van der Waals surface area contributed by atoms with Crippen LogP contribution in [-0.2, 0) is 27.3 Å². The third kappa shape index (κ3) is 5.60. The molecule has 0 aromatic carbocycles. The molecule has 2 aliphatic heterocycles. The van der Waals surface area contributed by atoms with Gasteiger partial charge in [-0.3, -0.25) is 9.59 Å². The van der Waals surface area contributed by atoms with Crippen molar-refractivity contribution >= 4 is 28.6 Å². The summed E-state index contributed by atoms with van der Waals surface area (Å²) in [5, 5.41) is 13.1. The second-order valence-electron chi connectivity index (χ2n) is 10.4. The van der Waals surface area contributed by atoms with Crippen molar-refractivity contribution in [3.63, 3.8) is 0 Å². The van der Waals surface area contributed by atoms with Crippen molar-refractivity contribution in [3.05, 3.63) is 18.2 Å². The SMILES string of the molecule is CCn1ncc2c(NC3CCOC(=O)C3)c(-c3nc(CC4CCN(C(=O)CC(C)C)CC4)no3)cnc21. The highest BCUT2D eigenvalue weighted by atomic mass is 16.5. The van der Waals surface area contributed by atoms with E-state index in [4.69, 9.17) is 14.2 Å². The van der Waals surface area contributed by atoms with Gasteiger partial charge in [-0.05, 0) is 31.6 Å². The fraction of sp³-hybridized carbons (Fsp3) is 0.615. The number of nitrogens with zero attached hydrogens (tertiary/aromatic N) is 6. The molecule has 11 heteroatoms. The van der Waals surface area contributed by atoms with Gasteiger partial charge in [0.1, 0.15) is 0 Å². The topological polar surface area (TPSA) is 128 Å². The minimum atomic E-state index is -0.211. The summed E-state index contributed by atoms with van der Waals surface area (Å²) in [6.45, 7) is 8.80. The standard InChI is InChI=1S/C26H35N7O4/c1-4-33-25-19(15-28-33)24(29-18-7-10-36-23(35)13-18)20(14-27-25)26-30-21(31-37-26)12-17-5-8-32(9-6-17)22(34)11-16(2)3/h14-18H,4-13H2,1-3H3,(H,27,29). The van der Waals surface area contributed by atoms with Crippen LogP contribution >= 0.6 is 0 Å². The molecule has 198 valence electrons. The molecule has 2 aliphatic rings. The molecular weight excluding hydrogens is 474 g/mol. The van der Waals surface area contributed by atoms with Crippen LogP contribution in [0.5, 0.6) is 0 Å². The van der Waals surface area contributed by atoms with Crippen LogP contribution in [0.1, 0.15) is 58.7 Å². The van der Waals surface area contributed by atoms with Crippen molar-refractivity contribution in [1.82, 2.24) is 29.8 Å². The maximum atomic E-state index is 12.4. The van der Waals surface area contributed by atoms with Gasteiger partial charge in [0.15, 0.2) is 11.5 Å². The van der Waals surface area contributed by atoms with Gasteiger partial charge in [0, 0.05) is 51.1 Å². The number of aromatic nitrogens is 5. The lowest BCUT2D eigenvalue weighted by molar-refractivity contribution is -0.147. The van der Waals surface area contributed by atoms with Crippen molar-refractivity contribution in [3.8, 4) is 11.5 Å². The first-order valence-electron chi connectivity index (χ1n) is 13.3. The first-order valence-corrected chi connectivity index (χ1v) is 13.3. The highest BCUT2D eigenvalue weighted by Gasteiger charge is 2.27. The molecule has 3 aromatic rings. The number of ether oxygens (including phenoxy) is 1. The Morgan fingerprint density at radius 2 is 2.03 bits per heavy atom. The number of carbonyl (C=O) groups is 2. The lowest BCUT2D eigenvalue weighted by Gasteiger charge is -2.32. The molecule has 37 heavy (non-hydrogen) atoms. The predicted octanol–water partition coefficient (Wildman–Crippen LogP) is 3.45. The number of anilines is 1. The molecule has 0 radical (unpaired) electrons. The molecule has 1 N–H and O–H groups in total. The number of esters is 1. The average molecular weight is 510 g/mol. The highest BCUT2D eigenvalue weighted by Crippen LogP contribution is 2.34. The molecule has 2 fully saturated rings. The number of cyclic esters (lactones) is 1. The number of carbonyl (C=O) groups excluding carboxylic acids is 2. The maximum absolute atomic E-state index is 12.4. The van der Waals surface area contributed by atoms with Crippen molar-refractivity contribution < 1.29 is 18.8 Å². The van der Waals surface area contributed by atoms with E-state index in [0.717, 1.165) is 42.7 Å². The van der Waals surface area contributed by atoms with Crippen molar-refractivity contribution in [1.29, 1.82) is 0 Å². The van der Waals surface area contributed by atoms with Crippen LogP contribution in [0.2, 0.25) is 0 Å². The number of hydrogen-bond donors (Lipinski definition) is 1. The summed E-state index contributed by atoms with van der Waals surface area (Å²) in [4.78, 5) is 35.6. The summed E-state index contributed by atoms with van der Waals surface area (Å²) < 4.78 is 12.6. The van der Waals surface area contributed by atoms with E-state index in [0.29, 0.717) is 67.9 Å². The Hall–Kier alpha value is -3.50. The molecule has 0 saturated carbocycles. The van der Waals surface area contributed by atoms with E-state index in [9.17, 15) is 9.59 Å². The Bertz CT molecular complexity index is 1260. The molecule has 0 bridgehead atoms. The lowest BCUT2D eigenvalue weighted by Crippen LogP contribution is -2.39. The predicted molar refractivity (Wildman–Crippen MR) is 137 cm³/mol. The molecule has 5 rings (SSSR count). The number of amides is 1. The maximum Gasteiger partial charge on any atom is 0.307 e. The van der Waals surface area contributed by atoms with Crippen LogP contribution in [0.4, 0.5) is 5.69 Å². The van der Waals surface area contributed by atoms with Crippen LogP contribution in [-0.4, -0.2) is 67.4 Å². The van der Waals surface area contributed by atoms with Crippen LogP contribution in [0, 0.1) is 11.8 Å². The van der Waals surface area contributed by atoms with Gasteiger partial charge in [-0.1, -0.05) is 19.0 Å². The Morgan fingerprint density at radius 1 is 1.22 bits per heavy atom. The number of likely N-dealkylation sites (tertiary alicyclic amines) is 1. The normalized spacial score (nSPS) is 19.0. The molecular formula is C26H35N7O4. The summed E-state index contributed by atoms with van der Waals surface area (Å²) in [7, 11) is 0. The number of piperidine rings is 1. The minimum absolute atomic E-state index is 0.0680. The van der Waals surface area contributed by atoms with Gasteiger partial charge < -0.3 is 19.5 Å². The summed E-state index contributed by atoms with van der Waals surface area (Å²) in [6.07, 6.45) is 7.69. The van der Waals surface area contributed by atoms with E-state index in [2.05, 4.69) is 34.4 Å². The Morgan fingerprint density at radius 3 is 2.76 bits per heavy atom. The van der Waals surface area contributed by atoms with Gasteiger partial charge in [0.2, 0.25) is 5.91 Å². The fourth-order valence-corrected chi connectivity index (χ4v) is 5.15.